The number of aryl methyl sites for hydroxylation is 1. The number of nitrogens with one attached hydrogen (secondary N) is 1. The number of anilines is 1. The summed E-state index contributed by atoms with van der Waals surface area (Å²) in [4.78, 5) is 6.86. The largest absolute Gasteiger partial charge is 0.497 e. The highest BCUT2D eigenvalue weighted by Crippen LogP contribution is 2.44. The Morgan fingerprint density at radius 1 is 1.00 bits per heavy atom. The molecule has 1 aliphatic heterocycles. The molecule has 1 aliphatic rings. The van der Waals surface area contributed by atoms with Crippen LogP contribution < -0.4 is 15.0 Å². The first kappa shape index (κ1) is 22.6. The number of aromatic nitrogens is 2. The van der Waals surface area contributed by atoms with Gasteiger partial charge < -0.3 is 19.5 Å². The van der Waals surface area contributed by atoms with Gasteiger partial charge >= 0.3 is 0 Å². The van der Waals surface area contributed by atoms with Crippen molar-refractivity contribution in [3.8, 4) is 11.4 Å². The van der Waals surface area contributed by atoms with Crippen molar-refractivity contribution in [1.82, 2.24) is 14.9 Å². The van der Waals surface area contributed by atoms with E-state index in [0.29, 0.717) is 5.11 Å². The van der Waals surface area contributed by atoms with Gasteiger partial charge in [0.25, 0.3) is 0 Å². The van der Waals surface area contributed by atoms with Gasteiger partial charge in [-0.15, -0.1) is 0 Å². The summed E-state index contributed by atoms with van der Waals surface area (Å²) in [5.41, 5.74) is 6.55. The van der Waals surface area contributed by atoms with Gasteiger partial charge in [-0.1, -0.05) is 24.3 Å². The quantitative estimate of drug-likeness (QED) is 0.299. The van der Waals surface area contributed by atoms with E-state index in [1.54, 1.807) is 7.11 Å². The van der Waals surface area contributed by atoms with Gasteiger partial charge in [-0.05, 0) is 90.0 Å². The lowest BCUT2D eigenvalue weighted by Crippen LogP contribution is -2.29. The van der Waals surface area contributed by atoms with Crippen LogP contribution in [0.1, 0.15) is 34.7 Å². The molecule has 34 heavy (non-hydrogen) atoms. The molecule has 0 unspecified atom stereocenters. The molecule has 5 rings (SSSR count). The van der Waals surface area contributed by atoms with Gasteiger partial charge in [-0.3, -0.25) is 4.98 Å². The van der Waals surface area contributed by atoms with Crippen LogP contribution in [-0.4, -0.2) is 21.8 Å². The molecule has 2 aromatic heterocycles. The number of benzene rings is 2. The molecule has 1 fully saturated rings. The standard InChI is InChI=1S/C27H25BrN4OS/c1-17-15-21(18(2)31(17)24-13-5-4-11-22(24)28)26-25(23-12-6-7-14-29-23)30-27(34)32(26)19-9-8-10-20(16-19)33-3/h4-16,25-26H,1-3H3,(H,30,34)/t25-,26-/m1/s1. The van der Waals surface area contributed by atoms with Crippen LogP contribution in [-0.2, 0) is 0 Å². The van der Waals surface area contributed by atoms with Crippen LogP contribution in [0.25, 0.3) is 5.69 Å². The highest BCUT2D eigenvalue weighted by molar-refractivity contribution is 9.10. The summed E-state index contributed by atoms with van der Waals surface area (Å²) in [5.74, 6) is 0.791. The zero-order valence-corrected chi connectivity index (χ0v) is 21.6. The lowest BCUT2D eigenvalue weighted by molar-refractivity contribution is 0.415. The Bertz CT molecular complexity index is 1350. The normalized spacial score (nSPS) is 17.6. The molecule has 2 atom stereocenters. The number of nitrogens with zero attached hydrogens (tertiary/aromatic N) is 3. The summed E-state index contributed by atoms with van der Waals surface area (Å²) in [6.07, 6.45) is 1.83. The van der Waals surface area contributed by atoms with Gasteiger partial charge in [-0.25, -0.2) is 0 Å². The van der Waals surface area contributed by atoms with Crippen LogP contribution in [0.2, 0.25) is 0 Å². The Hall–Kier alpha value is -3.16. The predicted octanol–water partition coefficient (Wildman–Crippen LogP) is 6.44. The van der Waals surface area contributed by atoms with Crippen molar-refractivity contribution < 1.29 is 4.74 Å². The fraction of sp³-hybridized carbons (Fsp3) is 0.185. The molecule has 0 amide bonds. The van der Waals surface area contributed by atoms with Crippen molar-refractivity contribution in [2.24, 2.45) is 0 Å². The third-order valence-electron chi connectivity index (χ3n) is 6.31. The van der Waals surface area contributed by atoms with Crippen LogP contribution in [0.3, 0.4) is 0 Å². The minimum absolute atomic E-state index is 0.0862. The van der Waals surface area contributed by atoms with Gasteiger partial charge in [0.2, 0.25) is 0 Å². The van der Waals surface area contributed by atoms with Crippen molar-refractivity contribution in [1.29, 1.82) is 0 Å². The van der Waals surface area contributed by atoms with E-state index in [4.69, 9.17) is 17.0 Å². The van der Waals surface area contributed by atoms with Gasteiger partial charge in [0.1, 0.15) is 5.75 Å². The van der Waals surface area contributed by atoms with Crippen LogP contribution in [0, 0.1) is 13.8 Å². The van der Waals surface area contributed by atoms with E-state index in [1.807, 2.05) is 42.6 Å². The lowest BCUT2D eigenvalue weighted by atomic mass is 9.96. The molecule has 5 nitrogen and oxygen atoms in total. The molecular formula is C27H25BrN4OS. The van der Waals surface area contributed by atoms with Gasteiger partial charge in [0.15, 0.2) is 5.11 Å². The van der Waals surface area contributed by atoms with E-state index in [2.05, 4.69) is 85.9 Å². The molecule has 4 aromatic rings. The van der Waals surface area contributed by atoms with Crippen molar-refractivity contribution in [2.75, 3.05) is 12.0 Å². The Kier molecular flexibility index (Phi) is 6.15. The summed E-state index contributed by atoms with van der Waals surface area (Å²) >= 11 is 9.61. The van der Waals surface area contributed by atoms with Crippen molar-refractivity contribution in [2.45, 2.75) is 25.9 Å². The van der Waals surface area contributed by atoms with Crippen molar-refractivity contribution >= 4 is 38.9 Å². The molecule has 0 spiro atoms. The summed E-state index contributed by atoms with van der Waals surface area (Å²) in [6.45, 7) is 4.31. The van der Waals surface area contributed by atoms with E-state index in [0.717, 1.165) is 38.7 Å². The number of pyridine rings is 1. The molecule has 0 saturated carbocycles. The van der Waals surface area contributed by atoms with E-state index < -0.39 is 0 Å². The summed E-state index contributed by atoms with van der Waals surface area (Å²) in [5, 5.41) is 4.21. The third kappa shape index (κ3) is 3.89. The number of methoxy groups -OCH3 is 1. The lowest BCUT2D eigenvalue weighted by Gasteiger charge is -2.28. The topological polar surface area (TPSA) is 42.3 Å². The average Bonchev–Trinajstić information content (AvgIpc) is 3.35. The van der Waals surface area contributed by atoms with Crippen LogP contribution in [0.4, 0.5) is 5.69 Å². The molecule has 172 valence electrons. The minimum atomic E-state index is -0.104. The zero-order chi connectivity index (χ0) is 23.8. The number of thiocarbonyl (C=S) groups is 1. The maximum Gasteiger partial charge on any atom is 0.174 e. The number of halogens is 1. The molecular weight excluding hydrogens is 508 g/mol. The smallest absolute Gasteiger partial charge is 0.174 e. The molecule has 0 radical (unpaired) electrons. The molecule has 0 aliphatic carbocycles. The molecule has 1 N–H and O–H groups in total. The second kappa shape index (κ2) is 9.24. The second-order valence-corrected chi connectivity index (χ2v) is 9.55. The van der Waals surface area contributed by atoms with Gasteiger partial charge in [0, 0.05) is 33.8 Å². The highest BCUT2D eigenvalue weighted by atomic mass is 79.9. The zero-order valence-electron chi connectivity index (χ0n) is 19.2. The fourth-order valence-corrected chi connectivity index (χ4v) is 5.61. The third-order valence-corrected chi connectivity index (χ3v) is 7.30. The first-order valence-corrected chi connectivity index (χ1v) is 12.3. The number of hydrogen-bond acceptors (Lipinski definition) is 3. The Morgan fingerprint density at radius 2 is 1.79 bits per heavy atom. The van der Waals surface area contributed by atoms with Crippen LogP contribution >= 0.6 is 28.1 Å². The number of hydrogen-bond donors (Lipinski definition) is 1. The molecule has 0 bridgehead atoms. The van der Waals surface area contributed by atoms with Gasteiger partial charge in [-0.2, -0.15) is 0 Å². The molecule has 2 aromatic carbocycles. The summed E-state index contributed by atoms with van der Waals surface area (Å²) < 4.78 is 8.85. The van der Waals surface area contributed by atoms with E-state index in [1.165, 1.54) is 5.56 Å². The van der Waals surface area contributed by atoms with Crippen LogP contribution in [0.15, 0.2) is 83.5 Å². The Morgan fingerprint density at radius 3 is 2.53 bits per heavy atom. The van der Waals surface area contributed by atoms with E-state index >= 15 is 0 Å². The summed E-state index contributed by atoms with van der Waals surface area (Å²) in [6, 6.07) is 24.4. The van der Waals surface area contributed by atoms with E-state index in [-0.39, 0.29) is 12.1 Å². The first-order chi connectivity index (χ1) is 16.5. The number of rotatable bonds is 5. The van der Waals surface area contributed by atoms with Crippen molar-refractivity contribution in [3.63, 3.8) is 0 Å². The monoisotopic (exact) mass is 532 g/mol. The number of para-hydroxylation sites is 1. The van der Waals surface area contributed by atoms with Gasteiger partial charge in [0.05, 0.1) is 30.6 Å². The Balaban J connectivity index is 1.70. The SMILES string of the molecule is COc1cccc(N2C(=S)N[C@H](c3ccccn3)[C@H]2c2cc(C)n(-c3ccccc3Br)c2C)c1. The minimum Gasteiger partial charge on any atom is -0.497 e. The maximum atomic E-state index is 5.89. The highest BCUT2D eigenvalue weighted by Gasteiger charge is 2.42. The predicted molar refractivity (Wildman–Crippen MR) is 144 cm³/mol. The fourth-order valence-electron chi connectivity index (χ4n) is 4.80. The maximum absolute atomic E-state index is 5.89. The second-order valence-electron chi connectivity index (χ2n) is 8.31. The van der Waals surface area contributed by atoms with Crippen LogP contribution in [0.5, 0.6) is 5.75 Å². The molecule has 1 saturated heterocycles. The molecule has 7 heteroatoms. The number of ether oxygens (including phenoxy) is 1. The first-order valence-electron chi connectivity index (χ1n) is 11.1. The summed E-state index contributed by atoms with van der Waals surface area (Å²) in [7, 11) is 1.68. The Labute approximate surface area is 213 Å². The van der Waals surface area contributed by atoms with E-state index in [9.17, 15) is 0 Å². The average molecular weight is 533 g/mol. The van der Waals surface area contributed by atoms with Crippen molar-refractivity contribution in [3.05, 3.63) is 106 Å². The molecule has 3 heterocycles.